The van der Waals surface area contributed by atoms with Crippen LogP contribution >= 0.6 is 34.8 Å². The fraction of sp³-hybridized carbons (Fsp3) is 0.538. The van der Waals surface area contributed by atoms with Gasteiger partial charge in [-0.3, -0.25) is 4.90 Å². The van der Waals surface area contributed by atoms with E-state index in [-0.39, 0.29) is 0 Å². The average Bonchev–Trinajstić information content (AvgIpc) is 2.35. The third-order valence-corrected chi connectivity index (χ3v) is 4.37. The molecule has 2 rings (SSSR count). The molecule has 1 aliphatic rings. The van der Waals surface area contributed by atoms with Gasteiger partial charge in [-0.05, 0) is 55.6 Å². The van der Waals surface area contributed by atoms with Crippen LogP contribution in [0.4, 0.5) is 0 Å². The molecule has 0 amide bonds. The normalized spacial score (nSPS) is 18.5. The molecule has 0 saturated carbocycles. The van der Waals surface area contributed by atoms with E-state index in [2.05, 4.69) is 4.90 Å². The van der Waals surface area contributed by atoms with E-state index in [0.717, 1.165) is 41.1 Å². The largest absolute Gasteiger partial charge is 0.299 e. The zero-order valence-electron chi connectivity index (χ0n) is 9.63. The molecule has 0 spiro atoms. The Hall–Kier alpha value is 0.0500. The molecule has 0 atom stereocenters. The number of nitrogens with zero attached hydrogens (tertiary/aromatic N) is 1. The summed E-state index contributed by atoms with van der Waals surface area (Å²) in [6.07, 6.45) is 2.36. The lowest BCUT2D eigenvalue weighted by Crippen LogP contribution is -2.33. The highest BCUT2D eigenvalue weighted by molar-refractivity contribution is 6.33. The van der Waals surface area contributed by atoms with Crippen LogP contribution in [0.1, 0.15) is 18.4 Å². The molecule has 0 radical (unpaired) electrons. The van der Waals surface area contributed by atoms with Crippen molar-refractivity contribution in [1.82, 2.24) is 4.90 Å². The molecule has 1 aromatic rings. The number of halogens is 3. The van der Waals surface area contributed by atoms with E-state index < -0.39 is 0 Å². The van der Waals surface area contributed by atoms with Crippen molar-refractivity contribution in [3.8, 4) is 0 Å². The molecule has 0 aliphatic carbocycles. The lowest BCUT2D eigenvalue weighted by Gasteiger charge is -2.31. The third kappa shape index (κ3) is 3.75. The van der Waals surface area contributed by atoms with Crippen LogP contribution in [0, 0.1) is 5.92 Å². The van der Waals surface area contributed by atoms with Gasteiger partial charge in [0, 0.05) is 22.5 Å². The van der Waals surface area contributed by atoms with Gasteiger partial charge in [0.1, 0.15) is 0 Å². The molecular weight excluding hydrogens is 277 g/mol. The van der Waals surface area contributed by atoms with E-state index in [1.165, 1.54) is 12.8 Å². The van der Waals surface area contributed by atoms with Gasteiger partial charge >= 0.3 is 0 Å². The summed E-state index contributed by atoms with van der Waals surface area (Å²) in [5, 5.41) is 1.55. The molecule has 1 aromatic carbocycles. The molecule has 17 heavy (non-hydrogen) atoms. The van der Waals surface area contributed by atoms with Gasteiger partial charge in [0.25, 0.3) is 0 Å². The average molecular weight is 293 g/mol. The van der Waals surface area contributed by atoms with Crippen LogP contribution in [-0.2, 0) is 6.54 Å². The van der Waals surface area contributed by atoms with E-state index in [1.54, 1.807) is 0 Å². The van der Waals surface area contributed by atoms with Crippen molar-refractivity contribution < 1.29 is 0 Å². The Balaban J connectivity index is 1.95. The van der Waals surface area contributed by atoms with E-state index in [9.17, 15) is 0 Å². The van der Waals surface area contributed by atoms with Gasteiger partial charge < -0.3 is 0 Å². The molecule has 1 saturated heterocycles. The van der Waals surface area contributed by atoms with Crippen LogP contribution in [0.3, 0.4) is 0 Å². The number of hydrogen-bond acceptors (Lipinski definition) is 1. The first-order valence-electron chi connectivity index (χ1n) is 5.91. The van der Waals surface area contributed by atoms with Gasteiger partial charge in [-0.1, -0.05) is 23.2 Å². The summed E-state index contributed by atoms with van der Waals surface area (Å²) < 4.78 is 0. The highest BCUT2D eigenvalue weighted by Gasteiger charge is 2.19. The predicted octanol–water partition coefficient (Wildman–Crippen LogP) is 4.44. The number of alkyl halides is 1. The second kappa shape index (κ2) is 6.29. The maximum Gasteiger partial charge on any atom is 0.0452 e. The van der Waals surface area contributed by atoms with Crippen molar-refractivity contribution in [2.75, 3.05) is 19.0 Å². The molecule has 4 heteroatoms. The number of hydrogen-bond donors (Lipinski definition) is 0. The van der Waals surface area contributed by atoms with E-state index in [1.807, 2.05) is 18.2 Å². The third-order valence-electron chi connectivity index (χ3n) is 3.33. The summed E-state index contributed by atoms with van der Waals surface area (Å²) in [5.74, 6) is 1.47. The van der Waals surface area contributed by atoms with Crippen molar-refractivity contribution >= 4 is 34.8 Å². The first-order chi connectivity index (χ1) is 8.19. The first-order valence-corrected chi connectivity index (χ1v) is 7.20. The molecule has 94 valence electrons. The number of piperidine rings is 1. The van der Waals surface area contributed by atoms with Crippen molar-refractivity contribution in [3.05, 3.63) is 33.8 Å². The summed E-state index contributed by atoms with van der Waals surface area (Å²) >= 11 is 18.0. The highest BCUT2D eigenvalue weighted by atomic mass is 35.5. The summed E-state index contributed by atoms with van der Waals surface area (Å²) in [4.78, 5) is 2.42. The van der Waals surface area contributed by atoms with Crippen LogP contribution in [0.15, 0.2) is 18.2 Å². The molecule has 0 N–H and O–H groups in total. The zero-order valence-corrected chi connectivity index (χ0v) is 11.9. The minimum atomic E-state index is 0.683. The molecule has 1 fully saturated rings. The maximum absolute atomic E-state index is 6.16. The maximum atomic E-state index is 6.16. The van der Waals surface area contributed by atoms with Gasteiger partial charge in [-0.2, -0.15) is 0 Å². The Morgan fingerprint density at radius 2 is 1.88 bits per heavy atom. The highest BCUT2D eigenvalue weighted by Crippen LogP contribution is 2.25. The predicted molar refractivity (Wildman–Crippen MR) is 75.2 cm³/mol. The Morgan fingerprint density at radius 3 is 2.53 bits per heavy atom. The second-order valence-electron chi connectivity index (χ2n) is 4.61. The van der Waals surface area contributed by atoms with Crippen LogP contribution < -0.4 is 0 Å². The van der Waals surface area contributed by atoms with Crippen LogP contribution in [0.5, 0.6) is 0 Å². The molecule has 1 heterocycles. The lowest BCUT2D eigenvalue weighted by atomic mass is 9.98. The van der Waals surface area contributed by atoms with E-state index >= 15 is 0 Å². The Bertz CT molecular complexity index is 373. The first kappa shape index (κ1) is 13.5. The van der Waals surface area contributed by atoms with Gasteiger partial charge in [0.05, 0.1) is 0 Å². The molecule has 0 bridgehead atoms. The van der Waals surface area contributed by atoms with Gasteiger partial charge in [-0.15, -0.1) is 11.6 Å². The fourth-order valence-corrected chi connectivity index (χ4v) is 2.88. The Labute approximate surface area is 118 Å². The summed E-state index contributed by atoms with van der Waals surface area (Å²) in [5.41, 5.74) is 1.11. The molecule has 1 nitrogen and oxygen atoms in total. The second-order valence-corrected chi connectivity index (χ2v) is 5.76. The van der Waals surface area contributed by atoms with Crippen molar-refractivity contribution in [2.24, 2.45) is 5.92 Å². The van der Waals surface area contributed by atoms with Gasteiger partial charge in [0.2, 0.25) is 0 Å². The molecular formula is C13H16Cl3N. The molecule has 1 aliphatic heterocycles. The molecule has 0 aromatic heterocycles. The van der Waals surface area contributed by atoms with Crippen LogP contribution in [0.2, 0.25) is 10.0 Å². The number of benzene rings is 1. The fourth-order valence-electron chi connectivity index (χ4n) is 2.20. The monoisotopic (exact) mass is 291 g/mol. The summed E-state index contributed by atoms with van der Waals surface area (Å²) in [6, 6.07) is 5.65. The van der Waals surface area contributed by atoms with E-state index in [0.29, 0.717) is 5.92 Å². The van der Waals surface area contributed by atoms with Crippen molar-refractivity contribution in [1.29, 1.82) is 0 Å². The van der Waals surface area contributed by atoms with E-state index in [4.69, 9.17) is 34.8 Å². The van der Waals surface area contributed by atoms with Crippen molar-refractivity contribution in [2.45, 2.75) is 19.4 Å². The van der Waals surface area contributed by atoms with Crippen LogP contribution in [-0.4, -0.2) is 23.9 Å². The minimum Gasteiger partial charge on any atom is -0.299 e. The Kier molecular flexibility index (Phi) is 4.98. The Morgan fingerprint density at radius 1 is 1.18 bits per heavy atom. The quantitative estimate of drug-likeness (QED) is 0.744. The van der Waals surface area contributed by atoms with Crippen molar-refractivity contribution in [3.63, 3.8) is 0 Å². The van der Waals surface area contributed by atoms with Gasteiger partial charge in [0.15, 0.2) is 0 Å². The topological polar surface area (TPSA) is 3.24 Å². The summed E-state index contributed by atoms with van der Waals surface area (Å²) in [6.45, 7) is 3.08. The van der Waals surface area contributed by atoms with Crippen LogP contribution in [0.25, 0.3) is 0 Å². The SMILES string of the molecule is ClCC1CCN(Cc2cc(Cl)ccc2Cl)CC1. The number of likely N-dealkylation sites (tertiary alicyclic amines) is 1. The molecule has 0 unspecified atom stereocenters. The lowest BCUT2D eigenvalue weighted by molar-refractivity contribution is 0.186. The number of rotatable bonds is 3. The minimum absolute atomic E-state index is 0.683. The summed E-state index contributed by atoms with van der Waals surface area (Å²) in [7, 11) is 0. The zero-order chi connectivity index (χ0) is 12.3. The standard InChI is InChI=1S/C13H16Cl3N/c14-8-10-3-5-17(6-4-10)9-11-7-12(15)1-2-13(11)16/h1-2,7,10H,3-6,8-9H2. The van der Waals surface area contributed by atoms with Gasteiger partial charge in [-0.25, -0.2) is 0 Å². The smallest absolute Gasteiger partial charge is 0.0452 e.